The topological polar surface area (TPSA) is 64.1 Å². The summed E-state index contributed by atoms with van der Waals surface area (Å²) in [5.74, 6) is 0. The fourth-order valence-corrected chi connectivity index (χ4v) is 2.41. The van der Waals surface area contributed by atoms with Crippen LogP contribution in [0.4, 0.5) is 11.4 Å². The Kier molecular flexibility index (Phi) is 3.66. The minimum Gasteiger partial charge on any atom is -0.399 e. The number of nitrogen functional groups attached to an aromatic ring is 2. The van der Waals surface area contributed by atoms with E-state index in [1.165, 1.54) is 5.56 Å². The quantitative estimate of drug-likeness (QED) is 0.728. The predicted octanol–water partition coefficient (Wildman–Crippen LogP) is 2.76. The van der Waals surface area contributed by atoms with Crippen LogP contribution in [-0.4, -0.2) is 0 Å². The van der Waals surface area contributed by atoms with Crippen molar-refractivity contribution >= 4 is 22.7 Å². The molecule has 5 N–H and O–H groups in total. The van der Waals surface area contributed by atoms with Gasteiger partial charge < -0.3 is 16.8 Å². The number of benzene rings is 1. The highest BCUT2D eigenvalue weighted by atomic mass is 32.1. The molecule has 1 heterocycles. The number of thiophene rings is 1. The van der Waals surface area contributed by atoms with Crippen LogP contribution >= 0.6 is 11.3 Å². The Balaban J connectivity index is 2.04. The lowest BCUT2D eigenvalue weighted by Gasteiger charge is -2.16. The summed E-state index contributed by atoms with van der Waals surface area (Å²) in [7, 11) is 0. The van der Waals surface area contributed by atoms with E-state index in [1.807, 2.05) is 18.2 Å². The van der Waals surface area contributed by atoms with E-state index in [1.54, 1.807) is 11.3 Å². The van der Waals surface area contributed by atoms with E-state index in [0.29, 0.717) is 0 Å². The van der Waals surface area contributed by atoms with E-state index in [-0.39, 0.29) is 6.04 Å². The Morgan fingerprint density at radius 1 is 1.29 bits per heavy atom. The highest BCUT2D eigenvalue weighted by molar-refractivity contribution is 7.07. The molecular weight excluding hydrogens is 230 g/mol. The first-order chi connectivity index (χ1) is 8.16. The molecule has 2 aromatic rings. The third-order valence-corrected chi connectivity index (χ3v) is 3.50. The molecule has 2 rings (SSSR count). The van der Waals surface area contributed by atoms with Gasteiger partial charge >= 0.3 is 0 Å². The van der Waals surface area contributed by atoms with Crippen molar-refractivity contribution in [1.29, 1.82) is 0 Å². The van der Waals surface area contributed by atoms with Crippen LogP contribution in [-0.2, 0) is 6.54 Å². The Labute approximate surface area is 105 Å². The first-order valence-electron chi connectivity index (χ1n) is 5.56. The summed E-state index contributed by atoms with van der Waals surface area (Å²) < 4.78 is 0. The third kappa shape index (κ3) is 2.99. The van der Waals surface area contributed by atoms with Crippen LogP contribution in [0.15, 0.2) is 35.0 Å². The summed E-state index contributed by atoms with van der Waals surface area (Å²) in [4.78, 5) is 0. The molecule has 4 heteroatoms. The van der Waals surface area contributed by atoms with Crippen LogP contribution < -0.4 is 16.8 Å². The smallest absolute Gasteiger partial charge is 0.0363 e. The van der Waals surface area contributed by atoms with Crippen molar-refractivity contribution in [2.24, 2.45) is 0 Å². The Morgan fingerprint density at radius 2 is 2.12 bits per heavy atom. The van der Waals surface area contributed by atoms with Gasteiger partial charge in [0.1, 0.15) is 0 Å². The predicted molar refractivity (Wildman–Crippen MR) is 74.8 cm³/mol. The maximum Gasteiger partial charge on any atom is 0.0363 e. The average Bonchev–Trinajstić information content (AvgIpc) is 2.82. The Bertz CT molecular complexity index is 479. The standard InChI is InChI=1S/C13H17N3S/c1-9(16-7-10-4-5-17-8-10)12-6-11(14)2-3-13(12)15/h2-6,8-9,16H,7,14-15H2,1H3. The lowest BCUT2D eigenvalue weighted by molar-refractivity contribution is 0.577. The lowest BCUT2D eigenvalue weighted by Crippen LogP contribution is -2.19. The molecule has 0 bridgehead atoms. The number of hydrogen-bond acceptors (Lipinski definition) is 4. The van der Waals surface area contributed by atoms with Crippen LogP contribution in [0.5, 0.6) is 0 Å². The van der Waals surface area contributed by atoms with Crippen molar-refractivity contribution in [3.8, 4) is 0 Å². The van der Waals surface area contributed by atoms with Crippen molar-refractivity contribution in [2.75, 3.05) is 11.5 Å². The lowest BCUT2D eigenvalue weighted by atomic mass is 10.1. The molecule has 0 spiro atoms. The van der Waals surface area contributed by atoms with Crippen LogP contribution in [0.1, 0.15) is 24.1 Å². The van der Waals surface area contributed by atoms with Gasteiger partial charge in [-0.25, -0.2) is 0 Å². The molecule has 0 aliphatic rings. The monoisotopic (exact) mass is 247 g/mol. The van der Waals surface area contributed by atoms with Crippen molar-refractivity contribution in [2.45, 2.75) is 19.5 Å². The van der Waals surface area contributed by atoms with Crippen molar-refractivity contribution in [3.63, 3.8) is 0 Å². The summed E-state index contributed by atoms with van der Waals surface area (Å²) in [5, 5.41) is 7.66. The molecule has 3 nitrogen and oxygen atoms in total. The average molecular weight is 247 g/mol. The zero-order chi connectivity index (χ0) is 12.3. The van der Waals surface area contributed by atoms with Crippen LogP contribution in [0, 0.1) is 0 Å². The molecule has 0 amide bonds. The highest BCUT2D eigenvalue weighted by Crippen LogP contribution is 2.23. The largest absolute Gasteiger partial charge is 0.399 e. The third-order valence-electron chi connectivity index (χ3n) is 2.77. The molecule has 0 radical (unpaired) electrons. The molecular formula is C13H17N3S. The molecule has 1 unspecified atom stereocenters. The second kappa shape index (κ2) is 5.21. The molecule has 1 aromatic heterocycles. The Hall–Kier alpha value is -1.52. The number of hydrogen-bond donors (Lipinski definition) is 3. The normalized spacial score (nSPS) is 12.5. The minimum atomic E-state index is 0.193. The van der Waals surface area contributed by atoms with Gasteiger partial charge in [-0.1, -0.05) is 0 Å². The van der Waals surface area contributed by atoms with E-state index in [0.717, 1.165) is 23.5 Å². The van der Waals surface area contributed by atoms with Gasteiger partial charge in [0.25, 0.3) is 0 Å². The Morgan fingerprint density at radius 3 is 2.82 bits per heavy atom. The van der Waals surface area contributed by atoms with Gasteiger partial charge in [-0.2, -0.15) is 11.3 Å². The number of nitrogens with two attached hydrogens (primary N) is 2. The molecule has 90 valence electrons. The molecule has 0 aliphatic carbocycles. The molecule has 0 saturated heterocycles. The summed E-state index contributed by atoms with van der Waals surface area (Å²) in [6.45, 7) is 2.94. The summed E-state index contributed by atoms with van der Waals surface area (Å²) in [5.41, 5.74) is 15.6. The van der Waals surface area contributed by atoms with Crippen molar-refractivity contribution in [1.82, 2.24) is 5.32 Å². The second-order valence-corrected chi connectivity index (χ2v) is 4.90. The molecule has 1 atom stereocenters. The number of anilines is 2. The van der Waals surface area contributed by atoms with Crippen molar-refractivity contribution < 1.29 is 0 Å². The van der Waals surface area contributed by atoms with Gasteiger partial charge in [-0.3, -0.25) is 0 Å². The molecule has 0 fully saturated rings. The van der Waals surface area contributed by atoms with Crippen molar-refractivity contribution in [3.05, 3.63) is 46.2 Å². The minimum absolute atomic E-state index is 0.193. The maximum absolute atomic E-state index is 5.95. The number of rotatable bonds is 4. The zero-order valence-electron chi connectivity index (χ0n) is 9.81. The van der Waals surface area contributed by atoms with E-state index < -0.39 is 0 Å². The first-order valence-corrected chi connectivity index (χ1v) is 6.50. The fourth-order valence-electron chi connectivity index (χ4n) is 1.74. The molecule has 17 heavy (non-hydrogen) atoms. The fraction of sp³-hybridized carbons (Fsp3) is 0.231. The summed E-state index contributed by atoms with van der Waals surface area (Å²) >= 11 is 1.71. The van der Waals surface area contributed by atoms with Gasteiger partial charge in [0.2, 0.25) is 0 Å². The second-order valence-electron chi connectivity index (χ2n) is 4.12. The summed E-state index contributed by atoms with van der Waals surface area (Å²) in [6, 6.07) is 7.92. The highest BCUT2D eigenvalue weighted by Gasteiger charge is 2.08. The van der Waals surface area contributed by atoms with Crippen LogP contribution in [0.3, 0.4) is 0 Å². The SMILES string of the molecule is CC(NCc1ccsc1)c1cc(N)ccc1N. The summed E-state index contributed by atoms with van der Waals surface area (Å²) in [6.07, 6.45) is 0. The first kappa shape index (κ1) is 12.0. The van der Waals surface area contributed by atoms with E-state index >= 15 is 0 Å². The van der Waals surface area contributed by atoms with Gasteiger partial charge in [-0.15, -0.1) is 0 Å². The van der Waals surface area contributed by atoms with Gasteiger partial charge in [0, 0.05) is 24.0 Å². The van der Waals surface area contributed by atoms with Crippen LogP contribution in [0.2, 0.25) is 0 Å². The number of nitrogens with one attached hydrogen (secondary N) is 1. The van der Waals surface area contributed by atoms with E-state index in [9.17, 15) is 0 Å². The van der Waals surface area contributed by atoms with Gasteiger partial charge in [-0.05, 0) is 53.1 Å². The maximum atomic E-state index is 5.95. The van der Waals surface area contributed by atoms with Crippen LogP contribution in [0.25, 0.3) is 0 Å². The van der Waals surface area contributed by atoms with Gasteiger partial charge in [0.05, 0.1) is 0 Å². The molecule has 0 aliphatic heterocycles. The van der Waals surface area contributed by atoms with E-state index in [4.69, 9.17) is 11.5 Å². The van der Waals surface area contributed by atoms with E-state index in [2.05, 4.69) is 29.1 Å². The zero-order valence-corrected chi connectivity index (χ0v) is 10.6. The molecule has 1 aromatic carbocycles. The van der Waals surface area contributed by atoms with Gasteiger partial charge in [0.15, 0.2) is 0 Å². The molecule has 0 saturated carbocycles.